The number of amides is 2. The van der Waals surface area contributed by atoms with Crippen molar-refractivity contribution < 1.29 is 9.59 Å². The van der Waals surface area contributed by atoms with Crippen LogP contribution in [0, 0.1) is 0 Å². The minimum absolute atomic E-state index is 0.0227. The fraction of sp³-hybridized carbons (Fsp3) is 0.400. The Morgan fingerprint density at radius 2 is 2.06 bits per heavy atom. The summed E-state index contributed by atoms with van der Waals surface area (Å²) in [6, 6.07) is 1.82. The van der Waals surface area contributed by atoms with Crippen LogP contribution in [-0.2, 0) is 16.1 Å². The molecule has 8 heteroatoms. The number of nitrogens with one attached hydrogen (secondary N) is 2. The number of rotatable bonds is 6. The molecule has 1 aromatic rings. The third-order valence-corrected chi connectivity index (χ3v) is 2.18. The van der Waals surface area contributed by atoms with Crippen molar-refractivity contribution >= 4 is 29.0 Å². The summed E-state index contributed by atoms with van der Waals surface area (Å²) in [6.07, 6.45) is 4.20. The van der Waals surface area contributed by atoms with Gasteiger partial charge in [-0.1, -0.05) is 12.2 Å². The van der Waals surface area contributed by atoms with Crippen LogP contribution in [0.2, 0.25) is 0 Å². The fourth-order valence-corrected chi connectivity index (χ4v) is 1.28. The summed E-state index contributed by atoms with van der Waals surface area (Å²) in [7, 11) is 0. The highest BCUT2D eigenvalue weighted by atomic mass is 32.1. The number of aryl methyl sites for hydroxylation is 1. The molecule has 4 N–H and O–H groups in total. The van der Waals surface area contributed by atoms with Gasteiger partial charge in [0.2, 0.25) is 0 Å². The Hall–Kier alpha value is -1.96. The molecule has 0 fully saturated rings. The molecule has 0 bridgehead atoms. The Balaban J connectivity index is 2.12. The average Bonchev–Trinajstić information content (AvgIpc) is 2.84. The first-order valence-corrected chi connectivity index (χ1v) is 5.82. The van der Waals surface area contributed by atoms with Crippen LogP contribution in [0.15, 0.2) is 18.5 Å². The second kappa shape index (κ2) is 7.38. The van der Waals surface area contributed by atoms with Gasteiger partial charge < -0.3 is 16.4 Å². The van der Waals surface area contributed by atoms with Gasteiger partial charge in [-0.3, -0.25) is 14.3 Å². The monoisotopic (exact) mass is 269 g/mol. The highest BCUT2D eigenvalue weighted by Crippen LogP contribution is 1.87. The molecule has 0 aliphatic carbocycles. The largest absolute Gasteiger partial charge is 0.392 e. The van der Waals surface area contributed by atoms with E-state index < -0.39 is 11.8 Å². The number of aromatic nitrogens is 2. The minimum atomic E-state index is -0.734. The van der Waals surface area contributed by atoms with Gasteiger partial charge >= 0.3 is 11.8 Å². The van der Waals surface area contributed by atoms with E-state index in [-0.39, 0.29) is 11.5 Å². The van der Waals surface area contributed by atoms with Crippen LogP contribution in [0.25, 0.3) is 0 Å². The van der Waals surface area contributed by atoms with Gasteiger partial charge in [0, 0.05) is 25.5 Å². The van der Waals surface area contributed by atoms with E-state index in [2.05, 4.69) is 28.0 Å². The SMILES string of the molecule is NC(=S)CNC(=O)C(=O)NCCCn1cccn1. The molecule has 0 radical (unpaired) electrons. The maximum atomic E-state index is 11.3. The zero-order valence-electron chi connectivity index (χ0n) is 9.76. The van der Waals surface area contributed by atoms with E-state index in [1.165, 1.54) is 0 Å². The predicted octanol–water partition coefficient (Wildman–Crippen LogP) is -1.21. The predicted molar refractivity (Wildman–Crippen MR) is 69.6 cm³/mol. The summed E-state index contributed by atoms with van der Waals surface area (Å²) in [6.45, 7) is 1.11. The maximum absolute atomic E-state index is 11.3. The quantitative estimate of drug-likeness (QED) is 0.342. The van der Waals surface area contributed by atoms with Crippen LogP contribution >= 0.6 is 12.2 Å². The molecule has 2 amide bonds. The van der Waals surface area contributed by atoms with Crippen molar-refractivity contribution in [3.8, 4) is 0 Å². The van der Waals surface area contributed by atoms with Crippen LogP contribution in [0.3, 0.4) is 0 Å². The summed E-state index contributed by atoms with van der Waals surface area (Å²) >= 11 is 4.57. The highest BCUT2D eigenvalue weighted by molar-refractivity contribution is 7.80. The van der Waals surface area contributed by atoms with Crippen LogP contribution < -0.4 is 16.4 Å². The second-order valence-electron chi connectivity index (χ2n) is 3.53. The van der Waals surface area contributed by atoms with Gasteiger partial charge in [0.05, 0.1) is 11.5 Å². The molecule has 0 aliphatic heterocycles. The Bertz CT molecular complexity index is 418. The number of carbonyl (C=O) groups excluding carboxylic acids is 2. The van der Waals surface area contributed by atoms with Gasteiger partial charge in [0.1, 0.15) is 0 Å². The summed E-state index contributed by atoms with van der Waals surface area (Å²) in [5, 5.41) is 8.81. The van der Waals surface area contributed by atoms with Crippen LogP contribution in [0.4, 0.5) is 0 Å². The first-order valence-electron chi connectivity index (χ1n) is 5.41. The number of hydrogen-bond acceptors (Lipinski definition) is 4. The van der Waals surface area contributed by atoms with Crippen molar-refractivity contribution in [1.29, 1.82) is 0 Å². The molecule has 0 saturated carbocycles. The summed E-state index contributed by atoms with van der Waals surface area (Å²) in [5.74, 6) is -1.42. The van der Waals surface area contributed by atoms with Gasteiger partial charge in [-0.25, -0.2) is 0 Å². The Labute approximate surface area is 110 Å². The molecule has 18 heavy (non-hydrogen) atoms. The van der Waals surface area contributed by atoms with Crippen LogP contribution in [-0.4, -0.2) is 39.7 Å². The van der Waals surface area contributed by atoms with E-state index in [1.54, 1.807) is 10.9 Å². The molecular formula is C10H15N5O2S. The average molecular weight is 269 g/mol. The van der Waals surface area contributed by atoms with Gasteiger partial charge in [-0.15, -0.1) is 0 Å². The molecule has 7 nitrogen and oxygen atoms in total. The van der Waals surface area contributed by atoms with E-state index in [0.717, 1.165) is 0 Å². The Kier molecular flexibility index (Phi) is 5.78. The lowest BCUT2D eigenvalue weighted by Gasteiger charge is -2.05. The fourth-order valence-electron chi connectivity index (χ4n) is 1.20. The van der Waals surface area contributed by atoms with Gasteiger partial charge in [-0.2, -0.15) is 5.10 Å². The van der Waals surface area contributed by atoms with E-state index in [0.29, 0.717) is 19.5 Å². The molecule has 0 atom stereocenters. The molecule has 98 valence electrons. The topological polar surface area (TPSA) is 102 Å². The zero-order chi connectivity index (χ0) is 13.4. The molecule has 1 rings (SSSR count). The second-order valence-corrected chi connectivity index (χ2v) is 4.05. The van der Waals surface area contributed by atoms with E-state index in [9.17, 15) is 9.59 Å². The van der Waals surface area contributed by atoms with Crippen molar-refractivity contribution in [3.63, 3.8) is 0 Å². The molecular weight excluding hydrogens is 254 g/mol. The summed E-state index contributed by atoms with van der Waals surface area (Å²) in [4.78, 5) is 22.6. The summed E-state index contributed by atoms with van der Waals surface area (Å²) in [5.41, 5.74) is 5.19. The number of nitrogens with two attached hydrogens (primary N) is 1. The number of thiocarbonyl (C=S) groups is 1. The number of hydrogen-bond donors (Lipinski definition) is 3. The molecule has 0 saturated heterocycles. The Morgan fingerprint density at radius 1 is 1.33 bits per heavy atom. The molecule has 1 aromatic heterocycles. The van der Waals surface area contributed by atoms with E-state index in [1.807, 2.05) is 12.3 Å². The van der Waals surface area contributed by atoms with Gasteiger partial charge in [0.15, 0.2) is 0 Å². The number of nitrogens with zero attached hydrogens (tertiary/aromatic N) is 2. The third kappa shape index (κ3) is 5.39. The lowest BCUT2D eigenvalue weighted by Crippen LogP contribution is -2.43. The molecule has 0 unspecified atom stereocenters. The smallest absolute Gasteiger partial charge is 0.309 e. The first kappa shape index (κ1) is 14.1. The van der Waals surface area contributed by atoms with E-state index in [4.69, 9.17) is 5.73 Å². The van der Waals surface area contributed by atoms with Crippen LogP contribution in [0.1, 0.15) is 6.42 Å². The maximum Gasteiger partial charge on any atom is 0.309 e. The van der Waals surface area contributed by atoms with Gasteiger partial charge in [0.25, 0.3) is 0 Å². The molecule has 0 spiro atoms. The van der Waals surface area contributed by atoms with Crippen molar-refractivity contribution in [2.45, 2.75) is 13.0 Å². The van der Waals surface area contributed by atoms with Crippen molar-refractivity contribution in [2.24, 2.45) is 5.73 Å². The molecule has 0 aromatic carbocycles. The number of carbonyl (C=O) groups is 2. The minimum Gasteiger partial charge on any atom is -0.392 e. The molecule has 1 heterocycles. The standard InChI is InChI=1S/C10H15N5O2S/c11-8(18)7-13-10(17)9(16)12-3-1-5-15-6-2-4-14-15/h2,4,6H,1,3,5,7H2,(H2,11,18)(H,12,16)(H,13,17). The van der Waals surface area contributed by atoms with Crippen LogP contribution in [0.5, 0.6) is 0 Å². The lowest BCUT2D eigenvalue weighted by atomic mass is 10.4. The van der Waals surface area contributed by atoms with Crippen molar-refractivity contribution in [1.82, 2.24) is 20.4 Å². The normalized spacial score (nSPS) is 9.78. The lowest BCUT2D eigenvalue weighted by molar-refractivity contribution is -0.139. The first-order chi connectivity index (χ1) is 8.59. The summed E-state index contributed by atoms with van der Waals surface area (Å²) < 4.78 is 1.75. The van der Waals surface area contributed by atoms with Crippen molar-refractivity contribution in [3.05, 3.63) is 18.5 Å². The molecule has 0 aliphatic rings. The third-order valence-electron chi connectivity index (χ3n) is 2.04. The van der Waals surface area contributed by atoms with Gasteiger partial charge in [-0.05, 0) is 12.5 Å². The Morgan fingerprint density at radius 3 is 2.67 bits per heavy atom. The zero-order valence-corrected chi connectivity index (χ0v) is 10.6. The highest BCUT2D eigenvalue weighted by Gasteiger charge is 2.11. The van der Waals surface area contributed by atoms with Crippen molar-refractivity contribution in [2.75, 3.05) is 13.1 Å². The van der Waals surface area contributed by atoms with E-state index >= 15 is 0 Å².